The molecular formula is C17H24N2O4. The first-order valence-electron chi connectivity index (χ1n) is 7.69. The van der Waals surface area contributed by atoms with Crippen molar-refractivity contribution in [1.82, 2.24) is 5.32 Å². The molecule has 0 aliphatic carbocycles. The van der Waals surface area contributed by atoms with Crippen LogP contribution in [0, 0.1) is 6.92 Å². The van der Waals surface area contributed by atoms with E-state index in [-0.39, 0.29) is 36.7 Å². The fraction of sp³-hybridized carbons (Fsp3) is 0.471. The van der Waals surface area contributed by atoms with Crippen LogP contribution in [0.4, 0.5) is 5.69 Å². The molecule has 2 amide bonds. The van der Waals surface area contributed by atoms with Crippen LogP contribution in [0.15, 0.2) is 24.3 Å². The highest BCUT2D eigenvalue weighted by atomic mass is 16.5. The Bertz CT molecular complexity index is 555. The highest BCUT2D eigenvalue weighted by Crippen LogP contribution is 2.09. The quantitative estimate of drug-likeness (QED) is 0.437. The third-order valence-electron chi connectivity index (χ3n) is 2.87. The number of rotatable bonds is 8. The van der Waals surface area contributed by atoms with E-state index in [4.69, 9.17) is 4.74 Å². The summed E-state index contributed by atoms with van der Waals surface area (Å²) in [5, 5.41) is 5.28. The highest BCUT2D eigenvalue weighted by molar-refractivity contribution is 6.03. The fourth-order valence-corrected chi connectivity index (χ4v) is 1.92. The number of ether oxygens (including phenoxy) is 1. The Morgan fingerprint density at radius 3 is 2.57 bits per heavy atom. The topological polar surface area (TPSA) is 84.5 Å². The van der Waals surface area contributed by atoms with Gasteiger partial charge in [0.15, 0.2) is 0 Å². The molecule has 0 spiro atoms. The summed E-state index contributed by atoms with van der Waals surface area (Å²) in [7, 11) is 0. The van der Waals surface area contributed by atoms with Crippen LogP contribution in [0.3, 0.4) is 0 Å². The van der Waals surface area contributed by atoms with Crippen molar-refractivity contribution in [1.29, 1.82) is 0 Å². The number of anilines is 1. The Morgan fingerprint density at radius 1 is 1.17 bits per heavy atom. The number of carbonyl (C=O) groups is 3. The highest BCUT2D eigenvalue weighted by Gasteiger charge is 2.10. The summed E-state index contributed by atoms with van der Waals surface area (Å²) >= 11 is 0. The normalized spacial score (nSPS) is 10.3. The minimum Gasteiger partial charge on any atom is -0.463 e. The van der Waals surface area contributed by atoms with E-state index in [0.717, 1.165) is 5.56 Å². The van der Waals surface area contributed by atoms with E-state index in [2.05, 4.69) is 10.6 Å². The Labute approximate surface area is 136 Å². The first-order valence-corrected chi connectivity index (χ1v) is 7.69. The molecule has 23 heavy (non-hydrogen) atoms. The summed E-state index contributed by atoms with van der Waals surface area (Å²) in [5.74, 6) is -1.02. The van der Waals surface area contributed by atoms with Crippen LogP contribution >= 0.6 is 0 Å². The minimum atomic E-state index is -0.368. The predicted molar refractivity (Wildman–Crippen MR) is 87.9 cm³/mol. The minimum absolute atomic E-state index is 0.137. The lowest BCUT2D eigenvalue weighted by Gasteiger charge is -2.08. The Morgan fingerprint density at radius 2 is 1.91 bits per heavy atom. The van der Waals surface area contributed by atoms with Gasteiger partial charge in [0.05, 0.1) is 6.10 Å². The molecule has 0 atom stereocenters. The summed E-state index contributed by atoms with van der Waals surface area (Å²) < 4.78 is 4.98. The van der Waals surface area contributed by atoms with Crippen LogP contribution < -0.4 is 10.6 Å². The Kier molecular flexibility index (Phi) is 7.80. The monoisotopic (exact) mass is 320 g/mol. The number of nitrogens with one attached hydrogen (secondary N) is 2. The van der Waals surface area contributed by atoms with E-state index in [9.17, 15) is 14.4 Å². The molecule has 126 valence electrons. The Balaban J connectivity index is 2.21. The van der Waals surface area contributed by atoms with Gasteiger partial charge in [-0.05, 0) is 44.9 Å². The van der Waals surface area contributed by atoms with Gasteiger partial charge in [-0.1, -0.05) is 12.1 Å². The van der Waals surface area contributed by atoms with E-state index < -0.39 is 0 Å². The van der Waals surface area contributed by atoms with Gasteiger partial charge in [-0.3, -0.25) is 14.4 Å². The smallest absolute Gasteiger partial charge is 0.306 e. The van der Waals surface area contributed by atoms with Crippen LogP contribution in [-0.2, 0) is 19.1 Å². The molecule has 0 saturated carbocycles. The van der Waals surface area contributed by atoms with Crippen LogP contribution in [0.2, 0.25) is 0 Å². The largest absolute Gasteiger partial charge is 0.463 e. The molecule has 0 fully saturated rings. The second-order valence-electron chi connectivity index (χ2n) is 5.59. The van der Waals surface area contributed by atoms with Crippen molar-refractivity contribution >= 4 is 23.5 Å². The lowest BCUT2D eigenvalue weighted by molar-refractivity contribution is -0.147. The SMILES string of the molecule is Cc1cccc(NC(=O)CC(=O)NCCCC(=O)OC(C)C)c1. The van der Waals surface area contributed by atoms with Gasteiger partial charge in [0.2, 0.25) is 11.8 Å². The van der Waals surface area contributed by atoms with Crippen LogP contribution in [0.1, 0.15) is 38.7 Å². The molecule has 1 aromatic carbocycles. The van der Waals surface area contributed by atoms with Gasteiger partial charge in [0.25, 0.3) is 0 Å². The molecule has 6 heteroatoms. The molecule has 0 bridgehead atoms. The van der Waals surface area contributed by atoms with Gasteiger partial charge in [0.1, 0.15) is 6.42 Å². The van der Waals surface area contributed by atoms with Crippen LogP contribution in [0.5, 0.6) is 0 Å². The third-order valence-corrected chi connectivity index (χ3v) is 2.87. The summed E-state index contributed by atoms with van der Waals surface area (Å²) in [4.78, 5) is 34.7. The number of hydrogen-bond donors (Lipinski definition) is 2. The summed E-state index contributed by atoms with van der Waals surface area (Å²) in [6.45, 7) is 5.83. The van der Waals surface area contributed by atoms with Crippen molar-refractivity contribution < 1.29 is 19.1 Å². The molecule has 2 N–H and O–H groups in total. The van der Waals surface area contributed by atoms with Crippen LogP contribution in [0.25, 0.3) is 0 Å². The average Bonchev–Trinajstić information content (AvgIpc) is 2.42. The lowest BCUT2D eigenvalue weighted by Crippen LogP contribution is -2.29. The number of carbonyl (C=O) groups excluding carboxylic acids is 3. The molecule has 0 heterocycles. The first-order chi connectivity index (χ1) is 10.9. The zero-order valence-electron chi connectivity index (χ0n) is 13.8. The number of amides is 2. The number of aryl methyl sites for hydroxylation is 1. The molecule has 0 radical (unpaired) electrons. The number of hydrogen-bond acceptors (Lipinski definition) is 4. The van der Waals surface area contributed by atoms with E-state index in [0.29, 0.717) is 18.7 Å². The zero-order chi connectivity index (χ0) is 17.2. The molecule has 0 aliphatic heterocycles. The van der Waals surface area contributed by atoms with Crippen molar-refractivity contribution in [3.63, 3.8) is 0 Å². The van der Waals surface area contributed by atoms with Crippen molar-refractivity contribution in [3.8, 4) is 0 Å². The van der Waals surface area contributed by atoms with Gasteiger partial charge in [-0.15, -0.1) is 0 Å². The summed E-state index contributed by atoms with van der Waals surface area (Å²) in [6.07, 6.45) is 0.345. The summed E-state index contributed by atoms with van der Waals surface area (Å²) in [5.41, 5.74) is 1.69. The van der Waals surface area contributed by atoms with Crippen LogP contribution in [-0.4, -0.2) is 30.4 Å². The molecule has 0 unspecified atom stereocenters. The van der Waals surface area contributed by atoms with E-state index in [1.54, 1.807) is 19.9 Å². The van der Waals surface area contributed by atoms with Crippen molar-refractivity contribution in [2.24, 2.45) is 0 Å². The number of esters is 1. The first kappa shape index (κ1) is 18.7. The van der Waals surface area contributed by atoms with Crippen molar-refractivity contribution in [2.75, 3.05) is 11.9 Å². The molecule has 0 aromatic heterocycles. The second kappa shape index (κ2) is 9.61. The van der Waals surface area contributed by atoms with Crippen molar-refractivity contribution in [2.45, 2.75) is 46.1 Å². The van der Waals surface area contributed by atoms with E-state index in [1.165, 1.54) is 0 Å². The maximum Gasteiger partial charge on any atom is 0.306 e. The van der Waals surface area contributed by atoms with E-state index >= 15 is 0 Å². The van der Waals surface area contributed by atoms with Gasteiger partial charge in [0, 0.05) is 18.7 Å². The Hall–Kier alpha value is -2.37. The van der Waals surface area contributed by atoms with Gasteiger partial charge in [-0.25, -0.2) is 0 Å². The summed E-state index contributed by atoms with van der Waals surface area (Å²) in [6, 6.07) is 7.35. The zero-order valence-corrected chi connectivity index (χ0v) is 13.8. The van der Waals surface area contributed by atoms with E-state index in [1.807, 2.05) is 25.1 Å². The molecule has 6 nitrogen and oxygen atoms in total. The lowest BCUT2D eigenvalue weighted by atomic mass is 10.2. The standard InChI is InChI=1S/C17H24N2O4/c1-12(2)23-17(22)8-5-9-18-15(20)11-16(21)19-14-7-4-6-13(3)10-14/h4,6-7,10,12H,5,8-9,11H2,1-3H3,(H,18,20)(H,19,21). The third kappa shape index (κ3) is 8.60. The van der Waals surface area contributed by atoms with Gasteiger partial charge in [-0.2, -0.15) is 0 Å². The molecule has 1 rings (SSSR count). The maximum atomic E-state index is 11.8. The number of benzene rings is 1. The maximum absolute atomic E-state index is 11.8. The molecule has 0 saturated heterocycles. The molecule has 1 aromatic rings. The van der Waals surface area contributed by atoms with Crippen molar-refractivity contribution in [3.05, 3.63) is 29.8 Å². The average molecular weight is 320 g/mol. The van der Waals surface area contributed by atoms with Gasteiger partial charge >= 0.3 is 5.97 Å². The predicted octanol–water partition coefficient (Wildman–Crippen LogP) is 2.17. The molecular weight excluding hydrogens is 296 g/mol. The molecule has 0 aliphatic rings. The second-order valence-corrected chi connectivity index (χ2v) is 5.59. The van der Waals surface area contributed by atoms with Gasteiger partial charge < -0.3 is 15.4 Å². The fourth-order valence-electron chi connectivity index (χ4n) is 1.92.